The van der Waals surface area contributed by atoms with Gasteiger partial charge in [-0.2, -0.15) is 5.10 Å². The summed E-state index contributed by atoms with van der Waals surface area (Å²) < 4.78 is 7.84. The van der Waals surface area contributed by atoms with Crippen LogP contribution in [0.15, 0.2) is 24.4 Å². The molecule has 2 aliphatic rings. The number of aryl methyl sites for hydroxylation is 1. The van der Waals surface area contributed by atoms with E-state index < -0.39 is 0 Å². The van der Waals surface area contributed by atoms with E-state index in [0.717, 1.165) is 36.5 Å². The van der Waals surface area contributed by atoms with Crippen LogP contribution in [0.5, 0.6) is 5.75 Å². The van der Waals surface area contributed by atoms with E-state index >= 15 is 0 Å². The number of nitrogens with zero attached hydrogens (tertiary/aromatic N) is 3. The summed E-state index contributed by atoms with van der Waals surface area (Å²) in [7, 11) is 3.85. The number of hydrogen-bond donors (Lipinski definition) is 1. The molecule has 0 unspecified atom stereocenters. The number of nitrogens with one attached hydrogen (secondary N) is 1. The maximum Gasteiger partial charge on any atom is 0.223 e. The van der Waals surface area contributed by atoms with E-state index in [4.69, 9.17) is 4.74 Å². The molecule has 2 aromatic rings. The summed E-state index contributed by atoms with van der Waals surface area (Å²) in [6, 6.07) is 6.53. The highest BCUT2D eigenvalue weighted by Crippen LogP contribution is 2.38. The average Bonchev–Trinajstić information content (AvgIpc) is 3.21. The van der Waals surface area contributed by atoms with E-state index in [1.54, 1.807) is 0 Å². The summed E-state index contributed by atoms with van der Waals surface area (Å²) in [5, 5.41) is 7.95. The molecule has 4 rings (SSSR count). The second kappa shape index (κ2) is 6.92. The van der Waals surface area contributed by atoms with Gasteiger partial charge in [0.15, 0.2) is 0 Å². The number of benzene rings is 1. The molecule has 1 saturated heterocycles. The molecule has 1 aromatic carbocycles. The van der Waals surface area contributed by atoms with E-state index in [1.807, 2.05) is 29.9 Å². The molecule has 0 aliphatic carbocycles. The minimum absolute atomic E-state index is 0.0860. The topological polar surface area (TPSA) is 59.4 Å². The lowest BCUT2D eigenvalue weighted by Crippen LogP contribution is -2.29. The number of amides is 1. The molecule has 0 spiro atoms. The highest BCUT2D eigenvalue weighted by molar-refractivity contribution is 5.79. The third kappa shape index (κ3) is 3.41. The maximum absolute atomic E-state index is 12.4. The first-order chi connectivity index (χ1) is 13.2. The normalized spacial score (nSPS) is 23.2. The third-order valence-electron chi connectivity index (χ3n) is 6.15. The van der Waals surface area contributed by atoms with Crippen molar-refractivity contribution < 1.29 is 9.53 Å². The van der Waals surface area contributed by atoms with Gasteiger partial charge in [-0.25, -0.2) is 0 Å². The number of carbonyl (C=O) groups is 1. The zero-order chi connectivity index (χ0) is 20.1. The standard InChI is InChI=1S/C22H30N4O2/c1-14-18(13-24-26(14)5)21-17(9-20(27)25(21)4)12-23-11-15-6-7-19-16(8-15)10-22(2,3)28-19/h6-8,13,17,21,23H,9-12H2,1-5H3/t17-,21+/m0/s1. The SMILES string of the molecule is Cc1c([C@H]2[C@H](CNCc3ccc4c(c3)CC(C)(C)O4)CC(=O)N2C)cnn1C. The molecule has 1 amide bonds. The summed E-state index contributed by atoms with van der Waals surface area (Å²) in [4.78, 5) is 14.2. The number of hydrogen-bond acceptors (Lipinski definition) is 4. The lowest BCUT2D eigenvalue weighted by Gasteiger charge is -2.25. The lowest BCUT2D eigenvalue weighted by molar-refractivity contribution is -0.127. The second-order valence-electron chi connectivity index (χ2n) is 8.83. The molecule has 0 bridgehead atoms. The summed E-state index contributed by atoms with van der Waals surface area (Å²) in [6.45, 7) is 7.91. The number of ether oxygens (including phenoxy) is 1. The van der Waals surface area contributed by atoms with Crippen LogP contribution in [-0.4, -0.2) is 39.8 Å². The third-order valence-corrected chi connectivity index (χ3v) is 6.15. The second-order valence-corrected chi connectivity index (χ2v) is 8.83. The fourth-order valence-electron chi connectivity index (χ4n) is 4.58. The molecule has 1 aromatic heterocycles. The Morgan fingerprint density at radius 3 is 2.82 bits per heavy atom. The minimum Gasteiger partial charge on any atom is -0.487 e. The molecule has 3 heterocycles. The zero-order valence-corrected chi connectivity index (χ0v) is 17.5. The molecule has 6 heteroatoms. The Morgan fingerprint density at radius 2 is 2.11 bits per heavy atom. The zero-order valence-electron chi connectivity index (χ0n) is 17.5. The van der Waals surface area contributed by atoms with Gasteiger partial charge in [-0.1, -0.05) is 12.1 Å². The van der Waals surface area contributed by atoms with Crippen LogP contribution in [0, 0.1) is 12.8 Å². The Kier molecular flexibility index (Phi) is 4.70. The van der Waals surface area contributed by atoms with Gasteiger partial charge in [-0.15, -0.1) is 0 Å². The van der Waals surface area contributed by atoms with Crippen LogP contribution < -0.4 is 10.1 Å². The van der Waals surface area contributed by atoms with Gasteiger partial charge in [0.2, 0.25) is 5.91 Å². The molecule has 0 radical (unpaired) electrons. The molecule has 0 saturated carbocycles. The van der Waals surface area contributed by atoms with Crippen molar-refractivity contribution in [2.24, 2.45) is 13.0 Å². The van der Waals surface area contributed by atoms with Crippen LogP contribution in [0.1, 0.15) is 48.7 Å². The van der Waals surface area contributed by atoms with E-state index in [-0.39, 0.29) is 23.5 Å². The summed E-state index contributed by atoms with van der Waals surface area (Å²) in [5.41, 5.74) is 4.70. The summed E-state index contributed by atoms with van der Waals surface area (Å²) in [6.07, 6.45) is 3.43. The first-order valence-electron chi connectivity index (χ1n) is 10.0. The predicted octanol–water partition coefficient (Wildman–Crippen LogP) is 2.75. The molecule has 28 heavy (non-hydrogen) atoms. The van der Waals surface area contributed by atoms with Gasteiger partial charge in [-0.05, 0) is 38.0 Å². The predicted molar refractivity (Wildman–Crippen MR) is 108 cm³/mol. The largest absolute Gasteiger partial charge is 0.487 e. The summed E-state index contributed by atoms with van der Waals surface area (Å²) >= 11 is 0. The van der Waals surface area contributed by atoms with E-state index in [1.165, 1.54) is 11.1 Å². The highest BCUT2D eigenvalue weighted by atomic mass is 16.5. The van der Waals surface area contributed by atoms with Gasteiger partial charge >= 0.3 is 0 Å². The Hall–Kier alpha value is -2.34. The van der Waals surface area contributed by atoms with Crippen molar-refractivity contribution >= 4 is 5.91 Å². The van der Waals surface area contributed by atoms with Crippen LogP contribution in [0.2, 0.25) is 0 Å². The monoisotopic (exact) mass is 382 g/mol. The van der Waals surface area contributed by atoms with Crippen molar-refractivity contribution in [1.82, 2.24) is 20.0 Å². The maximum atomic E-state index is 12.4. The van der Waals surface area contributed by atoms with Gasteiger partial charge in [0.25, 0.3) is 0 Å². The number of aromatic nitrogens is 2. The molecule has 1 N–H and O–H groups in total. The molecular formula is C22H30N4O2. The summed E-state index contributed by atoms with van der Waals surface area (Å²) in [5.74, 6) is 1.46. The number of rotatable bonds is 5. The van der Waals surface area contributed by atoms with Crippen molar-refractivity contribution in [2.75, 3.05) is 13.6 Å². The Bertz CT molecular complexity index is 902. The molecule has 6 nitrogen and oxygen atoms in total. The molecule has 150 valence electrons. The van der Waals surface area contributed by atoms with Crippen molar-refractivity contribution in [3.8, 4) is 5.75 Å². The van der Waals surface area contributed by atoms with Crippen LogP contribution in [0.25, 0.3) is 0 Å². The van der Waals surface area contributed by atoms with E-state index in [9.17, 15) is 4.79 Å². The molecule has 1 fully saturated rings. The fraction of sp³-hybridized carbons (Fsp3) is 0.545. The van der Waals surface area contributed by atoms with E-state index in [0.29, 0.717) is 6.42 Å². The fourth-order valence-corrected chi connectivity index (χ4v) is 4.58. The smallest absolute Gasteiger partial charge is 0.223 e. The van der Waals surface area contributed by atoms with Crippen LogP contribution in [0.4, 0.5) is 0 Å². The number of carbonyl (C=O) groups excluding carboxylic acids is 1. The van der Waals surface area contributed by atoms with Gasteiger partial charge in [0.1, 0.15) is 11.4 Å². The Labute approximate surface area is 166 Å². The van der Waals surface area contributed by atoms with Gasteiger partial charge in [-0.3, -0.25) is 9.48 Å². The Morgan fingerprint density at radius 1 is 1.32 bits per heavy atom. The average molecular weight is 383 g/mol. The van der Waals surface area contributed by atoms with Crippen LogP contribution in [0.3, 0.4) is 0 Å². The minimum atomic E-state index is -0.113. The molecule has 2 aliphatic heterocycles. The lowest BCUT2D eigenvalue weighted by atomic mass is 9.94. The van der Waals surface area contributed by atoms with Crippen molar-refractivity contribution in [3.63, 3.8) is 0 Å². The van der Waals surface area contributed by atoms with Gasteiger partial charge in [0.05, 0.1) is 12.2 Å². The van der Waals surface area contributed by atoms with Crippen molar-refractivity contribution in [1.29, 1.82) is 0 Å². The quantitative estimate of drug-likeness (QED) is 0.864. The molecule has 2 atom stereocenters. The highest BCUT2D eigenvalue weighted by Gasteiger charge is 2.39. The van der Waals surface area contributed by atoms with E-state index in [2.05, 4.69) is 49.4 Å². The van der Waals surface area contributed by atoms with Crippen molar-refractivity contribution in [2.45, 2.75) is 51.8 Å². The van der Waals surface area contributed by atoms with Gasteiger partial charge in [0, 0.05) is 57.2 Å². The van der Waals surface area contributed by atoms with Crippen LogP contribution >= 0.6 is 0 Å². The first kappa shape index (κ1) is 19.0. The molecular weight excluding hydrogens is 352 g/mol. The first-order valence-corrected chi connectivity index (χ1v) is 10.0. The van der Waals surface area contributed by atoms with Crippen LogP contribution in [-0.2, 0) is 24.8 Å². The van der Waals surface area contributed by atoms with Gasteiger partial charge < -0.3 is 15.0 Å². The van der Waals surface area contributed by atoms with Crippen molar-refractivity contribution in [3.05, 3.63) is 46.8 Å². The Balaban J connectivity index is 1.42. The number of likely N-dealkylation sites (tertiary alicyclic amines) is 1. The number of fused-ring (bicyclic) bond motifs is 1.